The third-order valence-corrected chi connectivity index (χ3v) is 1.32. The van der Waals surface area contributed by atoms with Crippen molar-refractivity contribution in [3.63, 3.8) is 0 Å². The molecule has 1 rings (SSSR count). The smallest absolute Gasteiger partial charge is 0.119 e. The molecule has 2 heteroatoms. The van der Waals surface area contributed by atoms with Gasteiger partial charge in [0.05, 0.1) is 13.7 Å². The maximum absolute atomic E-state index is 8.70. The van der Waals surface area contributed by atoms with Gasteiger partial charge in [-0.25, -0.2) is 0 Å². The summed E-state index contributed by atoms with van der Waals surface area (Å²) in [6.07, 6.45) is 0. The Hall–Kier alpha value is -1.02. The highest BCUT2D eigenvalue weighted by molar-refractivity contribution is 5.27. The first-order valence-electron chi connectivity index (χ1n) is 4.10. The number of hydrogen-bond donors (Lipinski definition) is 1. The number of ether oxygens (including phenoxy) is 1. The molecule has 0 spiro atoms. The summed E-state index contributed by atoms with van der Waals surface area (Å²) in [4.78, 5) is 0. The molecule has 0 atom stereocenters. The quantitative estimate of drug-likeness (QED) is 0.733. The fourth-order valence-corrected chi connectivity index (χ4v) is 0.771. The lowest BCUT2D eigenvalue weighted by Crippen LogP contribution is -1.85. The molecule has 1 aromatic rings. The predicted octanol–water partition coefficient (Wildman–Crippen LogP) is 2.21. The van der Waals surface area contributed by atoms with Crippen LogP contribution in [0.25, 0.3) is 0 Å². The van der Waals surface area contributed by atoms with E-state index in [-0.39, 0.29) is 6.61 Å². The molecule has 68 valence electrons. The molecule has 0 aliphatic carbocycles. The van der Waals surface area contributed by atoms with Crippen molar-refractivity contribution in [1.29, 1.82) is 0 Å². The van der Waals surface area contributed by atoms with Crippen LogP contribution < -0.4 is 4.74 Å². The van der Waals surface area contributed by atoms with Crippen molar-refractivity contribution in [2.75, 3.05) is 7.11 Å². The highest BCUT2D eigenvalue weighted by atomic mass is 16.5. The molecule has 0 bridgehead atoms. The van der Waals surface area contributed by atoms with Gasteiger partial charge in [0.2, 0.25) is 0 Å². The zero-order valence-corrected chi connectivity index (χ0v) is 7.87. The van der Waals surface area contributed by atoms with Gasteiger partial charge in [-0.1, -0.05) is 26.0 Å². The van der Waals surface area contributed by atoms with Gasteiger partial charge < -0.3 is 9.84 Å². The average molecular weight is 168 g/mol. The Balaban J connectivity index is 0.000000561. The molecular formula is C10H16O2. The number of rotatable bonds is 2. The van der Waals surface area contributed by atoms with Crippen LogP contribution in [0.1, 0.15) is 19.4 Å². The van der Waals surface area contributed by atoms with Gasteiger partial charge in [-0.2, -0.15) is 0 Å². The Bertz CT molecular complexity index is 189. The van der Waals surface area contributed by atoms with Gasteiger partial charge in [-0.3, -0.25) is 0 Å². The molecule has 0 aromatic heterocycles. The van der Waals surface area contributed by atoms with E-state index < -0.39 is 0 Å². The molecule has 0 heterocycles. The zero-order chi connectivity index (χ0) is 9.40. The van der Waals surface area contributed by atoms with Gasteiger partial charge in [-0.15, -0.1) is 0 Å². The maximum Gasteiger partial charge on any atom is 0.119 e. The largest absolute Gasteiger partial charge is 0.497 e. The topological polar surface area (TPSA) is 29.5 Å². The van der Waals surface area contributed by atoms with Gasteiger partial charge in [0.15, 0.2) is 0 Å². The minimum absolute atomic E-state index is 0.0667. The average Bonchev–Trinajstić information content (AvgIpc) is 2.21. The monoisotopic (exact) mass is 168 g/mol. The van der Waals surface area contributed by atoms with Gasteiger partial charge in [0, 0.05) is 0 Å². The van der Waals surface area contributed by atoms with Crippen LogP contribution in [0.3, 0.4) is 0 Å². The van der Waals surface area contributed by atoms with E-state index in [0.29, 0.717) is 0 Å². The first-order chi connectivity index (χ1) is 5.86. The molecule has 0 aliphatic rings. The molecule has 2 nitrogen and oxygen atoms in total. The zero-order valence-electron chi connectivity index (χ0n) is 7.87. The highest BCUT2D eigenvalue weighted by Gasteiger charge is 1.91. The normalized spacial score (nSPS) is 8.33. The SMILES string of the molecule is CC.COc1cccc(CO)c1. The molecule has 1 aromatic carbocycles. The van der Waals surface area contributed by atoms with E-state index in [1.807, 2.05) is 32.0 Å². The Kier molecular flexibility index (Phi) is 6.11. The molecule has 12 heavy (non-hydrogen) atoms. The van der Waals surface area contributed by atoms with Crippen molar-refractivity contribution < 1.29 is 9.84 Å². The predicted molar refractivity (Wildman–Crippen MR) is 50.3 cm³/mol. The van der Waals surface area contributed by atoms with E-state index in [1.165, 1.54) is 0 Å². The Morgan fingerprint density at radius 2 is 2.00 bits per heavy atom. The van der Waals surface area contributed by atoms with Crippen LogP contribution in [-0.2, 0) is 6.61 Å². The Labute approximate surface area is 73.8 Å². The summed E-state index contributed by atoms with van der Waals surface area (Å²) in [6.45, 7) is 4.07. The van der Waals surface area contributed by atoms with Crippen LogP contribution in [0.4, 0.5) is 0 Å². The van der Waals surface area contributed by atoms with E-state index in [2.05, 4.69) is 0 Å². The molecule has 1 N–H and O–H groups in total. The molecule has 0 radical (unpaired) electrons. The molecule has 0 saturated carbocycles. The van der Waals surface area contributed by atoms with Crippen LogP contribution in [-0.4, -0.2) is 12.2 Å². The van der Waals surface area contributed by atoms with Crippen molar-refractivity contribution in [3.05, 3.63) is 29.8 Å². The van der Waals surface area contributed by atoms with Gasteiger partial charge in [-0.05, 0) is 17.7 Å². The minimum atomic E-state index is 0.0667. The summed E-state index contributed by atoms with van der Waals surface area (Å²) in [7, 11) is 1.61. The lowest BCUT2D eigenvalue weighted by Gasteiger charge is -1.99. The molecule has 0 amide bonds. The number of methoxy groups -OCH3 is 1. The second kappa shape index (κ2) is 6.68. The maximum atomic E-state index is 8.70. The second-order valence-corrected chi connectivity index (χ2v) is 2.01. The molecule has 0 unspecified atom stereocenters. The van der Waals surface area contributed by atoms with E-state index in [4.69, 9.17) is 9.84 Å². The molecule has 0 fully saturated rings. The van der Waals surface area contributed by atoms with Crippen LogP contribution in [0.5, 0.6) is 5.75 Å². The third kappa shape index (κ3) is 3.39. The van der Waals surface area contributed by atoms with Crippen molar-refractivity contribution in [2.45, 2.75) is 20.5 Å². The number of hydrogen-bond acceptors (Lipinski definition) is 2. The Morgan fingerprint density at radius 1 is 1.33 bits per heavy atom. The minimum Gasteiger partial charge on any atom is -0.497 e. The molecule has 0 aliphatic heterocycles. The fourth-order valence-electron chi connectivity index (χ4n) is 0.771. The number of benzene rings is 1. The molecule has 0 saturated heterocycles. The second-order valence-electron chi connectivity index (χ2n) is 2.01. The van der Waals surface area contributed by atoms with Gasteiger partial charge >= 0.3 is 0 Å². The van der Waals surface area contributed by atoms with Gasteiger partial charge in [0.25, 0.3) is 0 Å². The standard InChI is InChI=1S/C8H10O2.C2H6/c1-10-8-4-2-3-7(5-8)6-9;1-2/h2-5,9H,6H2,1H3;1-2H3. The summed E-state index contributed by atoms with van der Waals surface area (Å²) in [5.74, 6) is 0.784. The van der Waals surface area contributed by atoms with Crippen molar-refractivity contribution in [2.24, 2.45) is 0 Å². The van der Waals surface area contributed by atoms with Crippen molar-refractivity contribution >= 4 is 0 Å². The van der Waals surface area contributed by atoms with E-state index >= 15 is 0 Å². The highest BCUT2D eigenvalue weighted by Crippen LogP contribution is 2.11. The van der Waals surface area contributed by atoms with Crippen LogP contribution in [0.2, 0.25) is 0 Å². The van der Waals surface area contributed by atoms with Crippen LogP contribution in [0.15, 0.2) is 24.3 Å². The third-order valence-electron chi connectivity index (χ3n) is 1.32. The lowest BCUT2D eigenvalue weighted by molar-refractivity contribution is 0.281. The van der Waals surface area contributed by atoms with Gasteiger partial charge in [0.1, 0.15) is 5.75 Å². The summed E-state index contributed by atoms with van der Waals surface area (Å²) >= 11 is 0. The Morgan fingerprint density at radius 3 is 2.50 bits per heavy atom. The first kappa shape index (κ1) is 11.0. The van der Waals surface area contributed by atoms with Crippen molar-refractivity contribution in [1.82, 2.24) is 0 Å². The van der Waals surface area contributed by atoms with Crippen LogP contribution in [0, 0.1) is 0 Å². The summed E-state index contributed by atoms with van der Waals surface area (Å²) in [5, 5.41) is 8.70. The van der Waals surface area contributed by atoms with Crippen molar-refractivity contribution in [3.8, 4) is 5.75 Å². The van der Waals surface area contributed by atoms with Crippen LogP contribution >= 0.6 is 0 Å². The first-order valence-corrected chi connectivity index (χ1v) is 4.10. The summed E-state index contributed by atoms with van der Waals surface area (Å²) in [6, 6.07) is 7.35. The summed E-state index contributed by atoms with van der Waals surface area (Å²) in [5.41, 5.74) is 0.874. The van der Waals surface area contributed by atoms with E-state index in [9.17, 15) is 0 Å². The molecular weight excluding hydrogens is 152 g/mol. The van der Waals surface area contributed by atoms with E-state index in [1.54, 1.807) is 13.2 Å². The summed E-state index contributed by atoms with van der Waals surface area (Å²) < 4.78 is 4.95. The van der Waals surface area contributed by atoms with E-state index in [0.717, 1.165) is 11.3 Å². The lowest BCUT2D eigenvalue weighted by atomic mass is 10.2. The fraction of sp³-hybridized carbons (Fsp3) is 0.400. The number of aliphatic hydroxyl groups excluding tert-OH is 1. The number of aliphatic hydroxyl groups is 1.